The van der Waals surface area contributed by atoms with Gasteiger partial charge in [0, 0.05) is 6.04 Å². The summed E-state index contributed by atoms with van der Waals surface area (Å²) in [4.78, 5) is 2.68. The van der Waals surface area contributed by atoms with Crippen molar-refractivity contribution in [1.29, 1.82) is 0 Å². The lowest BCUT2D eigenvalue weighted by molar-refractivity contribution is 0.163. The zero-order chi connectivity index (χ0) is 16.9. The Labute approximate surface area is 147 Å². The van der Waals surface area contributed by atoms with Crippen molar-refractivity contribution in [3.05, 3.63) is 0 Å². The summed E-state index contributed by atoms with van der Waals surface area (Å²) in [5.74, 6) is 1.83. The van der Waals surface area contributed by atoms with Crippen LogP contribution in [0.4, 0.5) is 0 Å². The third-order valence-corrected chi connectivity index (χ3v) is 6.29. The van der Waals surface area contributed by atoms with E-state index in [1.807, 2.05) is 0 Å². The van der Waals surface area contributed by atoms with Crippen LogP contribution in [0.2, 0.25) is 0 Å². The van der Waals surface area contributed by atoms with E-state index in [9.17, 15) is 0 Å². The molecule has 0 aliphatic carbocycles. The van der Waals surface area contributed by atoms with Crippen LogP contribution >= 0.6 is 0 Å². The van der Waals surface area contributed by atoms with Crippen molar-refractivity contribution in [2.45, 2.75) is 117 Å². The molecule has 3 unspecified atom stereocenters. The highest BCUT2D eigenvalue weighted by Crippen LogP contribution is 2.25. The van der Waals surface area contributed by atoms with Crippen LogP contribution in [0.25, 0.3) is 0 Å². The van der Waals surface area contributed by atoms with E-state index in [0.717, 1.165) is 17.9 Å². The molecule has 138 valence electrons. The van der Waals surface area contributed by atoms with Gasteiger partial charge in [-0.05, 0) is 44.7 Å². The summed E-state index contributed by atoms with van der Waals surface area (Å²) in [6, 6.07) is 0.846. The van der Waals surface area contributed by atoms with Gasteiger partial charge < -0.3 is 4.90 Å². The third kappa shape index (κ3) is 9.75. The molecule has 1 aliphatic rings. The molecule has 0 radical (unpaired) electrons. The van der Waals surface area contributed by atoms with Gasteiger partial charge in [-0.1, -0.05) is 91.4 Å². The maximum absolute atomic E-state index is 2.68. The molecule has 1 saturated heterocycles. The van der Waals surface area contributed by atoms with Gasteiger partial charge in [0.15, 0.2) is 0 Å². The van der Waals surface area contributed by atoms with E-state index in [1.165, 1.54) is 96.4 Å². The van der Waals surface area contributed by atoms with Crippen molar-refractivity contribution in [2.24, 2.45) is 11.8 Å². The van der Waals surface area contributed by atoms with Crippen molar-refractivity contribution in [3.63, 3.8) is 0 Å². The van der Waals surface area contributed by atoms with E-state index in [1.54, 1.807) is 0 Å². The number of rotatable bonds is 10. The Kier molecular flexibility index (Phi) is 12.1. The van der Waals surface area contributed by atoms with Gasteiger partial charge in [0.1, 0.15) is 0 Å². The number of hydrogen-bond acceptors (Lipinski definition) is 1. The predicted molar refractivity (Wildman–Crippen MR) is 105 cm³/mol. The molecule has 0 amide bonds. The first-order valence-electron chi connectivity index (χ1n) is 10.8. The molecule has 0 N–H and O–H groups in total. The molecule has 0 bridgehead atoms. The summed E-state index contributed by atoms with van der Waals surface area (Å²) in [5.41, 5.74) is 0. The maximum Gasteiger partial charge on any atom is 0.0118 e. The lowest BCUT2D eigenvalue weighted by Crippen LogP contribution is -2.37. The lowest BCUT2D eigenvalue weighted by Gasteiger charge is -2.32. The molecular formula is C22H45N. The van der Waals surface area contributed by atoms with E-state index < -0.39 is 0 Å². The number of nitrogens with zero attached hydrogens (tertiary/aromatic N) is 1. The monoisotopic (exact) mass is 323 g/mol. The highest BCUT2D eigenvalue weighted by atomic mass is 15.1. The number of hydrogen-bond donors (Lipinski definition) is 0. The van der Waals surface area contributed by atoms with E-state index >= 15 is 0 Å². The molecule has 1 heteroatoms. The summed E-state index contributed by atoms with van der Waals surface area (Å²) >= 11 is 0. The van der Waals surface area contributed by atoms with Crippen LogP contribution in [0.1, 0.15) is 111 Å². The second kappa shape index (κ2) is 13.3. The summed E-state index contributed by atoms with van der Waals surface area (Å²) in [7, 11) is 2.38. The topological polar surface area (TPSA) is 3.24 Å². The standard InChI is InChI=1S/C22H45N/c1-5-20(2)16-12-8-6-9-13-17-21(3)22-18-14-10-7-11-15-19-23(22)4/h20-22H,5-19H2,1-4H3. The van der Waals surface area contributed by atoms with Gasteiger partial charge in [-0.15, -0.1) is 0 Å². The molecule has 1 heterocycles. The van der Waals surface area contributed by atoms with E-state index in [0.29, 0.717) is 0 Å². The van der Waals surface area contributed by atoms with Crippen LogP contribution in [0.15, 0.2) is 0 Å². The van der Waals surface area contributed by atoms with E-state index in [-0.39, 0.29) is 0 Å². The highest BCUT2D eigenvalue weighted by Gasteiger charge is 2.21. The van der Waals surface area contributed by atoms with E-state index in [2.05, 4.69) is 32.7 Å². The Morgan fingerprint density at radius 2 is 1.43 bits per heavy atom. The SMILES string of the molecule is CCC(C)CCCCCCCC(C)C1CCCCCCCN1C. The Balaban J connectivity index is 2.12. The molecule has 1 rings (SSSR count). The first-order chi connectivity index (χ1) is 11.1. The second-order valence-electron chi connectivity index (χ2n) is 8.44. The normalized spacial score (nSPS) is 23.7. The molecule has 0 aromatic rings. The first kappa shape index (κ1) is 21.0. The highest BCUT2D eigenvalue weighted by molar-refractivity contribution is 4.76. The zero-order valence-corrected chi connectivity index (χ0v) is 16.8. The third-order valence-electron chi connectivity index (χ3n) is 6.29. The lowest BCUT2D eigenvalue weighted by atomic mass is 9.90. The largest absolute Gasteiger partial charge is 0.303 e. The Hall–Kier alpha value is -0.0400. The van der Waals surface area contributed by atoms with Gasteiger partial charge in [-0.2, -0.15) is 0 Å². The molecule has 0 aromatic carbocycles. The van der Waals surface area contributed by atoms with Gasteiger partial charge in [-0.3, -0.25) is 0 Å². The van der Waals surface area contributed by atoms with Crippen LogP contribution in [0, 0.1) is 11.8 Å². The van der Waals surface area contributed by atoms with Crippen LogP contribution in [-0.2, 0) is 0 Å². The van der Waals surface area contributed by atoms with Gasteiger partial charge in [0.25, 0.3) is 0 Å². The molecule has 1 nitrogen and oxygen atoms in total. The summed E-state index contributed by atoms with van der Waals surface area (Å²) < 4.78 is 0. The smallest absolute Gasteiger partial charge is 0.0118 e. The Morgan fingerprint density at radius 3 is 2.17 bits per heavy atom. The maximum atomic E-state index is 2.68. The molecular weight excluding hydrogens is 278 g/mol. The minimum Gasteiger partial charge on any atom is -0.303 e. The predicted octanol–water partition coefficient (Wildman–Crippen LogP) is 7.05. The zero-order valence-electron chi connectivity index (χ0n) is 16.8. The fraction of sp³-hybridized carbons (Fsp3) is 1.00. The fourth-order valence-electron chi connectivity index (χ4n) is 4.24. The average molecular weight is 324 g/mol. The molecule has 0 saturated carbocycles. The minimum atomic E-state index is 0.846. The van der Waals surface area contributed by atoms with Crippen LogP contribution in [-0.4, -0.2) is 24.5 Å². The molecule has 1 aliphatic heterocycles. The molecule has 0 spiro atoms. The summed E-state index contributed by atoms with van der Waals surface area (Å²) in [6.07, 6.45) is 20.2. The quantitative estimate of drug-likeness (QED) is 0.389. The van der Waals surface area contributed by atoms with Gasteiger partial charge in [0.2, 0.25) is 0 Å². The van der Waals surface area contributed by atoms with Crippen molar-refractivity contribution >= 4 is 0 Å². The summed E-state index contributed by atoms with van der Waals surface area (Å²) in [5, 5.41) is 0. The Morgan fingerprint density at radius 1 is 0.826 bits per heavy atom. The van der Waals surface area contributed by atoms with Gasteiger partial charge in [-0.25, -0.2) is 0 Å². The molecule has 1 fully saturated rings. The first-order valence-corrected chi connectivity index (χ1v) is 10.8. The molecule has 23 heavy (non-hydrogen) atoms. The Bertz CT molecular complexity index is 263. The van der Waals surface area contributed by atoms with E-state index in [4.69, 9.17) is 0 Å². The van der Waals surface area contributed by atoms with Crippen molar-refractivity contribution in [3.8, 4) is 0 Å². The van der Waals surface area contributed by atoms with Crippen molar-refractivity contribution in [2.75, 3.05) is 13.6 Å². The number of unbranched alkanes of at least 4 members (excludes halogenated alkanes) is 4. The second-order valence-corrected chi connectivity index (χ2v) is 8.44. The van der Waals surface area contributed by atoms with Crippen LogP contribution in [0.5, 0.6) is 0 Å². The average Bonchev–Trinajstić information content (AvgIpc) is 2.65. The van der Waals surface area contributed by atoms with Gasteiger partial charge >= 0.3 is 0 Å². The van der Waals surface area contributed by atoms with Crippen molar-refractivity contribution < 1.29 is 0 Å². The van der Waals surface area contributed by atoms with Gasteiger partial charge in [0.05, 0.1) is 0 Å². The molecule has 3 atom stereocenters. The van der Waals surface area contributed by atoms with Crippen molar-refractivity contribution in [1.82, 2.24) is 4.90 Å². The summed E-state index contributed by atoms with van der Waals surface area (Å²) in [6.45, 7) is 8.56. The van der Waals surface area contributed by atoms with Crippen LogP contribution < -0.4 is 0 Å². The minimum absolute atomic E-state index is 0.846. The fourth-order valence-corrected chi connectivity index (χ4v) is 4.24. The molecule has 0 aromatic heterocycles. The van der Waals surface area contributed by atoms with Crippen LogP contribution in [0.3, 0.4) is 0 Å².